The van der Waals surface area contributed by atoms with Gasteiger partial charge in [-0.25, -0.2) is 0 Å². The van der Waals surface area contributed by atoms with Crippen molar-refractivity contribution >= 4 is 33.4 Å². The van der Waals surface area contributed by atoms with Crippen LogP contribution >= 0.6 is 27.5 Å². The van der Waals surface area contributed by atoms with Crippen LogP contribution in [0.2, 0.25) is 0 Å². The van der Waals surface area contributed by atoms with E-state index < -0.39 is 0 Å². The van der Waals surface area contributed by atoms with Gasteiger partial charge in [-0.2, -0.15) is 0 Å². The number of benzene rings is 1. The summed E-state index contributed by atoms with van der Waals surface area (Å²) in [5, 5.41) is 6.85. The van der Waals surface area contributed by atoms with E-state index in [2.05, 4.69) is 30.8 Å². The Morgan fingerprint density at radius 2 is 2.10 bits per heavy atom. The van der Waals surface area contributed by atoms with Gasteiger partial charge < -0.3 is 9.73 Å². The monoisotopic (exact) mass is 363 g/mol. The fraction of sp³-hybridized carbons (Fsp3) is 0.0714. The third-order valence-electron chi connectivity index (χ3n) is 2.82. The Labute approximate surface area is 133 Å². The second-order valence-electron chi connectivity index (χ2n) is 4.22. The molecule has 2 aromatic heterocycles. The van der Waals surface area contributed by atoms with Crippen LogP contribution in [0.5, 0.6) is 0 Å². The summed E-state index contributed by atoms with van der Waals surface area (Å²) in [4.78, 5) is 12.7. The highest BCUT2D eigenvalue weighted by Gasteiger charge is 2.17. The number of nitrogens with one attached hydrogen (secondary N) is 1. The number of hydrogen-bond donors (Lipinski definition) is 1. The summed E-state index contributed by atoms with van der Waals surface area (Å²) in [6.07, 6.45) is 1.57. The molecule has 0 saturated heterocycles. The van der Waals surface area contributed by atoms with Gasteiger partial charge in [-0.3, -0.25) is 4.79 Å². The van der Waals surface area contributed by atoms with E-state index in [1.165, 1.54) is 0 Å². The SMILES string of the molecule is O=C(NCc1ccco1)c1snnc1-c1ccc(Br)cc1. The number of hydrogen-bond acceptors (Lipinski definition) is 5. The number of halogens is 1. The van der Waals surface area contributed by atoms with Crippen LogP contribution in [0, 0.1) is 0 Å². The molecule has 3 aromatic rings. The van der Waals surface area contributed by atoms with Crippen molar-refractivity contribution in [2.45, 2.75) is 6.54 Å². The fourth-order valence-electron chi connectivity index (χ4n) is 1.80. The van der Waals surface area contributed by atoms with E-state index in [0.717, 1.165) is 21.6 Å². The van der Waals surface area contributed by atoms with Gasteiger partial charge in [0, 0.05) is 10.0 Å². The average molecular weight is 364 g/mol. The molecule has 0 unspecified atom stereocenters. The minimum absolute atomic E-state index is 0.209. The minimum Gasteiger partial charge on any atom is -0.467 e. The molecule has 0 aliphatic rings. The van der Waals surface area contributed by atoms with Gasteiger partial charge in [-0.1, -0.05) is 32.6 Å². The third-order valence-corrected chi connectivity index (χ3v) is 4.07. The van der Waals surface area contributed by atoms with Crippen molar-refractivity contribution in [3.8, 4) is 11.3 Å². The summed E-state index contributed by atoms with van der Waals surface area (Å²) in [5.74, 6) is 0.491. The molecule has 0 aliphatic carbocycles. The first-order valence-electron chi connectivity index (χ1n) is 6.13. The zero-order valence-electron chi connectivity index (χ0n) is 10.7. The summed E-state index contributed by atoms with van der Waals surface area (Å²) < 4.78 is 10.0. The lowest BCUT2D eigenvalue weighted by Crippen LogP contribution is -2.22. The Balaban J connectivity index is 1.78. The van der Waals surface area contributed by atoms with Gasteiger partial charge in [-0.15, -0.1) is 5.10 Å². The van der Waals surface area contributed by atoms with Crippen molar-refractivity contribution in [1.82, 2.24) is 14.9 Å². The Morgan fingerprint density at radius 3 is 2.81 bits per heavy atom. The number of furan rings is 1. The van der Waals surface area contributed by atoms with Crippen molar-refractivity contribution in [3.05, 3.63) is 57.8 Å². The predicted molar refractivity (Wildman–Crippen MR) is 82.9 cm³/mol. The van der Waals surface area contributed by atoms with E-state index in [-0.39, 0.29) is 5.91 Å². The van der Waals surface area contributed by atoms with Gasteiger partial charge in [0.2, 0.25) is 0 Å². The molecule has 0 saturated carbocycles. The Morgan fingerprint density at radius 1 is 1.29 bits per heavy atom. The molecular formula is C14H10BrN3O2S. The van der Waals surface area contributed by atoms with Crippen LogP contribution in [0.4, 0.5) is 0 Å². The summed E-state index contributed by atoms with van der Waals surface area (Å²) >= 11 is 4.46. The van der Waals surface area contributed by atoms with Crippen LogP contribution in [0.15, 0.2) is 51.6 Å². The maximum absolute atomic E-state index is 12.2. The molecule has 0 bridgehead atoms. The van der Waals surface area contributed by atoms with Crippen LogP contribution in [0.25, 0.3) is 11.3 Å². The molecule has 3 rings (SSSR count). The molecule has 1 amide bonds. The van der Waals surface area contributed by atoms with Gasteiger partial charge in [0.25, 0.3) is 5.91 Å². The molecular weight excluding hydrogens is 354 g/mol. The molecule has 0 atom stereocenters. The second-order valence-corrected chi connectivity index (χ2v) is 5.89. The first kappa shape index (κ1) is 14.0. The number of nitrogens with zero attached hydrogens (tertiary/aromatic N) is 2. The Bertz CT molecular complexity index is 738. The molecule has 0 aliphatic heterocycles. The molecule has 1 aromatic carbocycles. The van der Waals surface area contributed by atoms with E-state index in [0.29, 0.717) is 22.9 Å². The van der Waals surface area contributed by atoms with Crippen molar-refractivity contribution < 1.29 is 9.21 Å². The lowest BCUT2D eigenvalue weighted by Gasteiger charge is -2.03. The largest absolute Gasteiger partial charge is 0.467 e. The topological polar surface area (TPSA) is 68.0 Å². The van der Waals surface area contributed by atoms with Gasteiger partial charge in [0.1, 0.15) is 16.3 Å². The quantitative estimate of drug-likeness (QED) is 0.770. The molecule has 21 heavy (non-hydrogen) atoms. The highest BCUT2D eigenvalue weighted by atomic mass is 79.9. The molecule has 7 heteroatoms. The third kappa shape index (κ3) is 3.20. The highest BCUT2D eigenvalue weighted by Crippen LogP contribution is 2.25. The summed E-state index contributed by atoms with van der Waals surface area (Å²) in [6, 6.07) is 11.2. The van der Waals surface area contributed by atoms with Crippen LogP contribution in [0.3, 0.4) is 0 Å². The van der Waals surface area contributed by atoms with Gasteiger partial charge in [0.05, 0.1) is 12.8 Å². The predicted octanol–water partition coefficient (Wildman–Crippen LogP) is 3.49. The molecule has 0 fully saturated rings. The van der Waals surface area contributed by atoms with Crippen LogP contribution in [0.1, 0.15) is 15.4 Å². The van der Waals surface area contributed by atoms with Crippen molar-refractivity contribution in [1.29, 1.82) is 0 Å². The van der Waals surface area contributed by atoms with Crippen molar-refractivity contribution in [3.63, 3.8) is 0 Å². The van der Waals surface area contributed by atoms with Crippen LogP contribution in [-0.2, 0) is 6.54 Å². The zero-order chi connectivity index (χ0) is 14.7. The van der Waals surface area contributed by atoms with E-state index in [4.69, 9.17) is 4.42 Å². The first-order valence-corrected chi connectivity index (χ1v) is 7.69. The maximum atomic E-state index is 12.2. The van der Waals surface area contributed by atoms with Gasteiger partial charge in [-0.05, 0) is 35.8 Å². The lowest BCUT2D eigenvalue weighted by molar-refractivity contribution is 0.0952. The van der Waals surface area contributed by atoms with Gasteiger partial charge >= 0.3 is 0 Å². The van der Waals surface area contributed by atoms with E-state index in [1.807, 2.05) is 24.3 Å². The Hall–Kier alpha value is -1.99. The summed E-state index contributed by atoms with van der Waals surface area (Å²) in [5.41, 5.74) is 1.44. The van der Waals surface area contributed by atoms with E-state index in [9.17, 15) is 4.79 Å². The lowest BCUT2D eigenvalue weighted by atomic mass is 10.1. The highest BCUT2D eigenvalue weighted by molar-refractivity contribution is 9.10. The van der Waals surface area contributed by atoms with Crippen molar-refractivity contribution in [2.24, 2.45) is 0 Å². The summed E-state index contributed by atoms with van der Waals surface area (Å²) in [7, 11) is 0. The zero-order valence-corrected chi connectivity index (χ0v) is 13.1. The van der Waals surface area contributed by atoms with Crippen molar-refractivity contribution in [2.75, 3.05) is 0 Å². The van der Waals surface area contributed by atoms with E-state index >= 15 is 0 Å². The molecule has 2 heterocycles. The molecule has 0 spiro atoms. The number of carbonyl (C=O) groups excluding carboxylic acids is 1. The number of rotatable bonds is 4. The van der Waals surface area contributed by atoms with E-state index in [1.54, 1.807) is 18.4 Å². The standard InChI is InChI=1S/C14H10BrN3O2S/c15-10-5-3-9(4-6-10)12-13(21-18-17-12)14(19)16-8-11-2-1-7-20-11/h1-7H,8H2,(H,16,19). The summed E-state index contributed by atoms with van der Waals surface area (Å²) in [6.45, 7) is 0.337. The molecule has 106 valence electrons. The molecule has 1 N–H and O–H groups in total. The smallest absolute Gasteiger partial charge is 0.265 e. The van der Waals surface area contributed by atoms with Crippen LogP contribution in [-0.4, -0.2) is 15.5 Å². The number of amides is 1. The minimum atomic E-state index is -0.209. The van der Waals surface area contributed by atoms with Gasteiger partial charge in [0.15, 0.2) is 0 Å². The average Bonchev–Trinajstić information content (AvgIpc) is 3.17. The fourth-order valence-corrected chi connectivity index (χ4v) is 2.67. The second kappa shape index (κ2) is 6.19. The van der Waals surface area contributed by atoms with Crippen LogP contribution < -0.4 is 5.32 Å². The number of carbonyl (C=O) groups is 1. The normalized spacial score (nSPS) is 10.5. The number of aromatic nitrogens is 2. The Kier molecular flexibility index (Phi) is 4.12. The molecule has 0 radical (unpaired) electrons. The molecule has 5 nitrogen and oxygen atoms in total. The first-order chi connectivity index (χ1) is 10.2. The maximum Gasteiger partial charge on any atom is 0.265 e.